The Labute approximate surface area is 146 Å². The number of aromatic nitrogens is 2. The maximum absolute atomic E-state index is 12.7. The van der Waals surface area contributed by atoms with E-state index >= 15 is 0 Å². The van der Waals surface area contributed by atoms with Gasteiger partial charge < -0.3 is 20.2 Å². The van der Waals surface area contributed by atoms with Gasteiger partial charge in [-0.2, -0.15) is 0 Å². The summed E-state index contributed by atoms with van der Waals surface area (Å²) in [5.74, 6) is 0.823. The van der Waals surface area contributed by atoms with Gasteiger partial charge in [0.15, 0.2) is 0 Å². The van der Waals surface area contributed by atoms with Crippen LogP contribution in [0.3, 0.4) is 0 Å². The molecule has 0 bridgehead atoms. The van der Waals surface area contributed by atoms with E-state index in [1.165, 1.54) is 0 Å². The average molecular weight is 344 g/mol. The van der Waals surface area contributed by atoms with Gasteiger partial charge in [0.2, 0.25) is 17.7 Å². The summed E-state index contributed by atoms with van der Waals surface area (Å²) in [6.45, 7) is 2.19. The summed E-state index contributed by atoms with van der Waals surface area (Å²) in [4.78, 5) is 14.3. The molecule has 1 saturated heterocycles. The lowest BCUT2D eigenvalue weighted by Crippen LogP contribution is -2.37. The smallest absolute Gasteiger partial charge is 0.239 e. The number of nitrogens with two attached hydrogens (primary N) is 1. The second kappa shape index (κ2) is 7.76. The van der Waals surface area contributed by atoms with Gasteiger partial charge in [0.05, 0.1) is 6.10 Å². The third-order valence-corrected chi connectivity index (χ3v) is 4.45. The van der Waals surface area contributed by atoms with E-state index in [4.69, 9.17) is 10.2 Å². The Balaban J connectivity index is 1.64. The van der Waals surface area contributed by atoms with Crippen LogP contribution in [0.4, 0.5) is 0 Å². The van der Waals surface area contributed by atoms with E-state index in [2.05, 4.69) is 10.2 Å². The van der Waals surface area contributed by atoms with Gasteiger partial charge in [0.1, 0.15) is 6.04 Å². The van der Waals surface area contributed by atoms with Crippen LogP contribution in [0.1, 0.15) is 43.2 Å². The van der Waals surface area contributed by atoms with Crippen molar-refractivity contribution >= 4 is 5.91 Å². The Morgan fingerprint density at radius 3 is 2.84 bits per heavy atom. The highest BCUT2D eigenvalue weighted by Crippen LogP contribution is 2.32. The lowest BCUT2D eigenvalue weighted by Gasteiger charge is -2.23. The van der Waals surface area contributed by atoms with Crippen molar-refractivity contribution in [1.82, 2.24) is 15.1 Å². The fraction of sp³-hybridized carbons (Fsp3) is 0.500. The Morgan fingerprint density at radius 1 is 1.40 bits per heavy atom. The van der Waals surface area contributed by atoms with Crippen molar-refractivity contribution in [2.24, 2.45) is 5.73 Å². The number of hydrogen-bond acceptors (Lipinski definition) is 6. The molecule has 3 atom stereocenters. The molecule has 1 amide bonds. The molecule has 1 aliphatic heterocycles. The molecule has 1 fully saturated rings. The zero-order valence-corrected chi connectivity index (χ0v) is 14.3. The molecule has 7 nitrogen and oxygen atoms in total. The number of benzene rings is 1. The molecule has 2 aromatic rings. The van der Waals surface area contributed by atoms with Crippen LogP contribution in [0.15, 0.2) is 34.7 Å². The van der Waals surface area contributed by atoms with Gasteiger partial charge in [-0.15, -0.1) is 10.2 Å². The zero-order chi connectivity index (χ0) is 17.8. The number of nitrogens with zero attached hydrogens (tertiary/aromatic N) is 3. The maximum atomic E-state index is 12.7. The summed E-state index contributed by atoms with van der Waals surface area (Å²) >= 11 is 0. The third-order valence-electron chi connectivity index (χ3n) is 4.45. The van der Waals surface area contributed by atoms with Crippen LogP contribution in [0.2, 0.25) is 0 Å². The number of carbonyl (C=O) groups excluding carboxylic acids is 1. The van der Waals surface area contributed by atoms with Crippen molar-refractivity contribution in [3.63, 3.8) is 0 Å². The quantitative estimate of drug-likeness (QED) is 0.816. The fourth-order valence-electron chi connectivity index (χ4n) is 3.20. The first kappa shape index (κ1) is 17.6. The highest BCUT2D eigenvalue weighted by molar-refractivity contribution is 5.77. The number of carbonyl (C=O) groups is 1. The van der Waals surface area contributed by atoms with E-state index in [9.17, 15) is 9.90 Å². The Morgan fingerprint density at radius 2 is 2.16 bits per heavy atom. The van der Waals surface area contributed by atoms with E-state index in [0.717, 1.165) is 5.56 Å². The summed E-state index contributed by atoms with van der Waals surface area (Å²) in [7, 11) is 0. The SMILES string of the molecule is CCc1nnc([C@H]2C[C@@H](O)CN2C(=O)CC(N)Cc2ccccc2)o1. The maximum Gasteiger partial charge on any atom is 0.239 e. The number of aliphatic hydroxyl groups excluding tert-OH is 1. The average Bonchev–Trinajstić information content (AvgIpc) is 3.21. The van der Waals surface area contributed by atoms with Crippen molar-refractivity contribution in [2.75, 3.05) is 6.54 Å². The highest BCUT2D eigenvalue weighted by atomic mass is 16.4. The molecule has 25 heavy (non-hydrogen) atoms. The zero-order valence-electron chi connectivity index (χ0n) is 14.3. The number of aryl methyl sites for hydroxylation is 1. The molecule has 1 aromatic carbocycles. The summed E-state index contributed by atoms with van der Waals surface area (Å²) in [5.41, 5.74) is 7.26. The van der Waals surface area contributed by atoms with Gasteiger partial charge in [-0.1, -0.05) is 37.3 Å². The van der Waals surface area contributed by atoms with Crippen LogP contribution in [-0.4, -0.2) is 44.8 Å². The fourth-order valence-corrected chi connectivity index (χ4v) is 3.20. The molecule has 0 spiro atoms. The lowest BCUT2D eigenvalue weighted by molar-refractivity contribution is -0.133. The molecule has 0 aliphatic carbocycles. The van der Waals surface area contributed by atoms with Crippen molar-refractivity contribution < 1.29 is 14.3 Å². The summed E-state index contributed by atoms with van der Waals surface area (Å²) in [5, 5.41) is 18.0. The van der Waals surface area contributed by atoms with Gasteiger partial charge in [-0.25, -0.2) is 0 Å². The topological polar surface area (TPSA) is 105 Å². The lowest BCUT2D eigenvalue weighted by atomic mass is 10.0. The minimum absolute atomic E-state index is 0.0961. The Bertz CT molecular complexity index is 703. The van der Waals surface area contributed by atoms with Crippen LogP contribution >= 0.6 is 0 Å². The molecule has 7 heteroatoms. The van der Waals surface area contributed by atoms with E-state index < -0.39 is 6.10 Å². The minimum Gasteiger partial charge on any atom is -0.423 e. The van der Waals surface area contributed by atoms with Gasteiger partial charge in [0, 0.05) is 31.8 Å². The van der Waals surface area contributed by atoms with Crippen LogP contribution < -0.4 is 5.73 Å². The molecule has 1 aliphatic rings. The van der Waals surface area contributed by atoms with E-state index in [-0.39, 0.29) is 31.0 Å². The van der Waals surface area contributed by atoms with Crippen LogP contribution in [0.25, 0.3) is 0 Å². The molecule has 1 unspecified atom stereocenters. The molecule has 3 N–H and O–H groups in total. The molecule has 0 saturated carbocycles. The van der Waals surface area contributed by atoms with E-state index in [0.29, 0.717) is 31.0 Å². The molecule has 1 aromatic heterocycles. The molecular formula is C18H24N4O3. The Kier molecular flexibility index (Phi) is 5.45. The molecule has 2 heterocycles. The highest BCUT2D eigenvalue weighted by Gasteiger charge is 2.38. The molecule has 0 radical (unpaired) electrons. The van der Waals surface area contributed by atoms with Gasteiger partial charge >= 0.3 is 0 Å². The van der Waals surface area contributed by atoms with Gasteiger partial charge in [-0.05, 0) is 12.0 Å². The summed E-state index contributed by atoms with van der Waals surface area (Å²) in [6.07, 6.45) is 1.31. The summed E-state index contributed by atoms with van der Waals surface area (Å²) < 4.78 is 5.59. The molecular weight excluding hydrogens is 320 g/mol. The predicted molar refractivity (Wildman–Crippen MR) is 91.5 cm³/mol. The second-order valence-corrected chi connectivity index (χ2v) is 6.49. The van der Waals surface area contributed by atoms with Gasteiger partial charge in [-0.3, -0.25) is 4.79 Å². The van der Waals surface area contributed by atoms with Crippen molar-refractivity contribution in [3.8, 4) is 0 Å². The number of amides is 1. The van der Waals surface area contributed by atoms with E-state index in [1.807, 2.05) is 37.3 Å². The number of β-amino-alcohol motifs (C(OH)–C–C–N with tert-alkyl or cyclic N) is 1. The number of hydrogen-bond donors (Lipinski definition) is 2. The van der Waals surface area contributed by atoms with Crippen molar-refractivity contribution in [2.45, 2.75) is 50.8 Å². The van der Waals surface area contributed by atoms with E-state index in [1.54, 1.807) is 4.90 Å². The number of likely N-dealkylation sites (tertiary alicyclic amines) is 1. The van der Waals surface area contributed by atoms with Crippen LogP contribution in [0, 0.1) is 0 Å². The summed E-state index contributed by atoms with van der Waals surface area (Å²) in [6, 6.07) is 9.21. The molecule has 134 valence electrons. The second-order valence-electron chi connectivity index (χ2n) is 6.49. The standard InChI is InChI=1S/C18H24N4O3/c1-2-16-20-21-18(25-16)15-10-14(23)11-22(15)17(24)9-13(19)8-12-6-4-3-5-7-12/h3-7,13-15,23H,2,8-11,19H2,1H3/t13?,14-,15-/m1/s1. The third kappa shape index (κ3) is 4.24. The first-order valence-corrected chi connectivity index (χ1v) is 8.66. The Hall–Kier alpha value is -2.25. The first-order valence-electron chi connectivity index (χ1n) is 8.66. The van der Waals surface area contributed by atoms with Crippen LogP contribution in [-0.2, 0) is 17.6 Å². The molecule has 3 rings (SSSR count). The minimum atomic E-state index is -0.587. The van der Waals surface area contributed by atoms with Crippen molar-refractivity contribution in [3.05, 3.63) is 47.7 Å². The number of aliphatic hydroxyl groups is 1. The van der Waals surface area contributed by atoms with Crippen LogP contribution in [0.5, 0.6) is 0 Å². The van der Waals surface area contributed by atoms with Gasteiger partial charge in [0.25, 0.3) is 0 Å². The first-order chi connectivity index (χ1) is 12.1. The monoisotopic (exact) mass is 344 g/mol. The largest absolute Gasteiger partial charge is 0.423 e. The normalized spacial score (nSPS) is 21.5. The number of rotatable bonds is 6. The predicted octanol–water partition coefficient (Wildman–Crippen LogP) is 1.23. The van der Waals surface area contributed by atoms with Crippen molar-refractivity contribution in [1.29, 1.82) is 0 Å².